The number of alkyl halides is 3. The van der Waals surface area contributed by atoms with Crippen molar-refractivity contribution in [3.63, 3.8) is 0 Å². The normalized spacial score (nSPS) is 11.8. The molecule has 0 unspecified atom stereocenters. The summed E-state index contributed by atoms with van der Waals surface area (Å²) in [5, 5.41) is 1.11. The number of hydrogen-bond donors (Lipinski definition) is 0. The zero-order valence-corrected chi connectivity index (χ0v) is 18.9. The molecule has 0 bridgehead atoms. The van der Waals surface area contributed by atoms with Gasteiger partial charge in [-0.15, -0.1) is 0 Å². The molecule has 4 aromatic carbocycles. The van der Waals surface area contributed by atoms with Crippen molar-refractivity contribution >= 4 is 10.8 Å². The average Bonchev–Trinajstić information content (AvgIpc) is 2.82. The third kappa shape index (κ3) is 5.30. The van der Waals surface area contributed by atoms with Crippen molar-refractivity contribution in [3.05, 3.63) is 107 Å². The van der Waals surface area contributed by atoms with Crippen LogP contribution in [-0.4, -0.2) is 0 Å². The highest BCUT2D eigenvalue weighted by Gasteiger charge is 2.29. The van der Waals surface area contributed by atoms with Crippen molar-refractivity contribution in [1.82, 2.24) is 0 Å². The number of unbranched alkanes of at least 4 members (excludes halogenated alkanes) is 1. The van der Waals surface area contributed by atoms with Gasteiger partial charge in [0.1, 0.15) is 11.6 Å². The van der Waals surface area contributed by atoms with Gasteiger partial charge in [-0.3, -0.25) is 0 Å². The minimum atomic E-state index is -4.37. The minimum Gasteiger partial charge on any atom is -0.206 e. The van der Waals surface area contributed by atoms with Crippen molar-refractivity contribution in [2.24, 2.45) is 0 Å². The van der Waals surface area contributed by atoms with E-state index < -0.39 is 11.7 Å². The molecule has 5 heteroatoms. The van der Waals surface area contributed by atoms with Crippen molar-refractivity contribution in [3.8, 4) is 11.1 Å². The molecule has 0 amide bonds. The highest BCUT2D eigenvalue weighted by Crippen LogP contribution is 2.31. The van der Waals surface area contributed by atoms with Crippen LogP contribution in [0.3, 0.4) is 0 Å². The quantitative estimate of drug-likeness (QED) is 0.238. The zero-order chi connectivity index (χ0) is 24.3. The van der Waals surface area contributed by atoms with Crippen LogP contribution in [0.1, 0.15) is 42.0 Å². The predicted molar refractivity (Wildman–Crippen MR) is 127 cm³/mol. The lowest BCUT2D eigenvalue weighted by Gasteiger charge is -2.11. The van der Waals surface area contributed by atoms with Gasteiger partial charge in [0.05, 0.1) is 5.56 Å². The summed E-state index contributed by atoms with van der Waals surface area (Å²) in [6.45, 7) is 2.10. The molecule has 0 heterocycles. The van der Waals surface area contributed by atoms with Crippen LogP contribution in [0.2, 0.25) is 0 Å². The molecular formula is C29H25F5. The summed E-state index contributed by atoms with van der Waals surface area (Å²) in [5.74, 6) is -0.645. The van der Waals surface area contributed by atoms with E-state index in [1.807, 2.05) is 6.07 Å². The van der Waals surface area contributed by atoms with Gasteiger partial charge in [-0.2, -0.15) is 13.2 Å². The first-order chi connectivity index (χ1) is 16.3. The fourth-order valence-corrected chi connectivity index (χ4v) is 4.17. The van der Waals surface area contributed by atoms with Gasteiger partial charge in [-0.25, -0.2) is 8.78 Å². The molecular weight excluding hydrogens is 443 g/mol. The summed E-state index contributed by atoms with van der Waals surface area (Å²) in [6, 6.07) is 18.9. The van der Waals surface area contributed by atoms with E-state index in [1.54, 1.807) is 42.5 Å². The van der Waals surface area contributed by atoms with Gasteiger partial charge in [-0.05, 0) is 77.6 Å². The van der Waals surface area contributed by atoms with E-state index in [-0.39, 0.29) is 11.6 Å². The van der Waals surface area contributed by atoms with Crippen LogP contribution < -0.4 is 0 Å². The van der Waals surface area contributed by atoms with E-state index in [9.17, 15) is 17.6 Å². The molecule has 0 radical (unpaired) electrons. The highest BCUT2D eigenvalue weighted by molar-refractivity contribution is 5.88. The zero-order valence-electron chi connectivity index (χ0n) is 18.9. The van der Waals surface area contributed by atoms with E-state index in [4.69, 9.17) is 0 Å². The Labute approximate surface area is 196 Å². The van der Waals surface area contributed by atoms with E-state index >= 15 is 4.39 Å². The molecule has 34 heavy (non-hydrogen) atoms. The summed E-state index contributed by atoms with van der Waals surface area (Å²) >= 11 is 0. The van der Waals surface area contributed by atoms with Gasteiger partial charge in [0, 0.05) is 10.9 Å². The Kier molecular flexibility index (Phi) is 7.01. The molecule has 4 rings (SSSR count). The number of rotatable bonds is 7. The number of fused-ring (bicyclic) bond motifs is 1. The van der Waals surface area contributed by atoms with Crippen molar-refractivity contribution < 1.29 is 22.0 Å². The van der Waals surface area contributed by atoms with Crippen LogP contribution in [0.5, 0.6) is 0 Å². The van der Waals surface area contributed by atoms with Gasteiger partial charge >= 0.3 is 6.18 Å². The first kappa shape index (κ1) is 23.9. The summed E-state index contributed by atoms with van der Waals surface area (Å²) in [5.41, 5.74) is 2.63. The molecule has 0 nitrogen and oxygen atoms in total. The standard InChI is InChI=1S/C29H25F5/c1-2-3-4-20-8-15-25(27(30)17-20)22-12-16-26-23(18-22)11-10-21(28(26)31)9-5-19-6-13-24(14-7-19)29(32,33)34/h6-8,10-18H,2-5,9H2,1H3. The molecule has 0 atom stereocenters. The van der Waals surface area contributed by atoms with Gasteiger partial charge in [0.2, 0.25) is 0 Å². The summed E-state index contributed by atoms with van der Waals surface area (Å²) in [4.78, 5) is 0. The Bertz CT molecular complexity index is 1290. The number of aryl methyl sites for hydroxylation is 3. The van der Waals surface area contributed by atoms with Gasteiger partial charge in [-0.1, -0.05) is 61.9 Å². The lowest BCUT2D eigenvalue weighted by atomic mass is 9.96. The first-order valence-corrected chi connectivity index (χ1v) is 11.4. The maximum absolute atomic E-state index is 15.2. The largest absolute Gasteiger partial charge is 0.416 e. The summed E-state index contributed by atoms with van der Waals surface area (Å²) in [7, 11) is 0. The number of benzene rings is 4. The van der Waals surface area contributed by atoms with E-state index in [2.05, 4.69) is 6.92 Å². The Morgan fingerprint density at radius 1 is 0.706 bits per heavy atom. The Hall–Kier alpha value is -3.21. The molecule has 0 aliphatic heterocycles. The third-order valence-electron chi connectivity index (χ3n) is 6.16. The van der Waals surface area contributed by atoms with E-state index in [0.29, 0.717) is 45.9 Å². The van der Waals surface area contributed by atoms with E-state index in [1.165, 1.54) is 12.1 Å². The fraction of sp³-hybridized carbons (Fsp3) is 0.241. The maximum Gasteiger partial charge on any atom is 0.416 e. The van der Waals surface area contributed by atoms with Crippen molar-refractivity contribution in [1.29, 1.82) is 0 Å². The van der Waals surface area contributed by atoms with Crippen LogP contribution in [0.15, 0.2) is 72.8 Å². The predicted octanol–water partition coefficient (Wildman–Crippen LogP) is 8.93. The maximum atomic E-state index is 15.2. The lowest BCUT2D eigenvalue weighted by Crippen LogP contribution is -2.04. The second-order valence-electron chi connectivity index (χ2n) is 8.59. The van der Waals surface area contributed by atoms with Crippen LogP contribution >= 0.6 is 0 Å². The molecule has 0 aliphatic carbocycles. The minimum absolute atomic E-state index is 0.290. The van der Waals surface area contributed by atoms with E-state index in [0.717, 1.165) is 37.0 Å². The summed E-state index contributed by atoms with van der Waals surface area (Å²) in [6.07, 6.45) is -0.689. The van der Waals surface area contributed by atoms with Crippen LogP contribution in [0.4, 0.5) is 22.0 Å². The first-order valence-electron chi connectivity index (χ1n) is 11.4. The second kappa shape index (κ2) is 9.96. The van der Waals surface area contributed by atoms with Crippen LogP contribution in [-0.2, 0) is 25.4 Å². The second-order valence-corrected chi connectivity index (χ2v) is 8.59. The Balaban J connectivity index is 1.53. The topological polar surface area (TPSA) is 0 Å². The van der Waals surface area contributed by atoms with Gasteiger partial charge in [0.15, 0.2) is 0 Å². The lowest BCUT2D eigenvalue weighted by molar-refractivity contribution is -0.137. The monoisotopic (exact) mass is 468 g/mol. The Morgan fingerprint density at radius 2 is 1.44 bits per heavy atom. The molecule has 0 spiro atoms. The van der Waals surface area contributed by atoms with Crippen LogP contribution in [0, 0.1) is 11.6 Å². The molecule has 176 valence electrons. The molecule has 0 aromatic heterocycles. The van der Waals surface area contributed by atoms with Gasteiger partial charge in [0.25, 0.3) is 0 Å². The molecule has 0 aliphatic rings. The molecule has 4 aromatic rings. The molecule has 0 N–H and O–H groups in total. The van der Waals surface area contributed by atoms with Gasteiger partial charge < -0.3 is 0 Å². The summed E-state index contributed by atoms with van der Waals surface area (Å²) < 4.78 is 68.0. The number of hydrogen-bond acceptors (Lipinski definition) is 0. The smallest absolute Gasteiger partial charge is 0.206 e. The van der Waals surface area contributed by atoms with Crippen LogP contribution in [0.25, 0.3) is 21.9 Å². The fourth-order valence-electron chi connectivity index (χ4n) is 4.17. The average molecular weight is 469 g/mol. The molecule has 0 saturated carbocycles. The van der Waals surface area contributed by atoms with Crippen molar-refractivity contribution in [2.45, 2.75) is 45.2 Å². The Morgan fingerprint density at radius 3 is 2.12 bits per heavy atom. The SMILES string of the molecule is CCCCc1ccc(-c2ccc3c(F)c(CCc4ccc(C(F)(F)F)cc4)ccc3c2)c(F)c1. The molecule has 0 fully saturated rings. The third-order valence-corrected chi connectivity index (χ3v) is 6.16. The molecule has 0 saturated heterocycles. The van der Waals surface area contributed by atoms with Crippen molar-refractivity contribution in [2.75, 3.05) is 0 Å². The number of halogens is 5. The highest BCUT2D eigenvalue weighted by atomic mass is 19.4.